The first kappa shape index (κ1) is 9.62. The fraction of sp³-hybridized carbons (Fsp3) is 0.364. The molecular weight excluding hydrogens is 206 g/mol. The molecule has 0 N–H and O–H groups in total. The van der Waals surface area contributed by atoms with Gasteiger partial charge < -0.3 is 4.74 Å². The van der Waals surface area contributed by atoms with Crippen LogP contribution in [0.2, 0.25) is 0 Å². The lowest BCUT2D eigenvalue weighted by atomic mass is 10.3. The zero-order chi connectivity index (χ0) is 11.0. The van der Waals surface area contributed by atoms with Gasteiger partial charge in [-0.15, -0.1) is 0 Å². The van der Waals surface area contributed by atoms with E-state index in [2.05, 4.69) is 0 Å². The zero-order valence-electron chi connectivity index (χ0n) is 8.87. The van der Waals surface area contributed by atoms with Crippen molar-refractivity contribution in [3.8, 4) is 0 Å². The van der Waals surface area contributed by atoms with Crippen LogP contribution < -0.4 is 4.90 Å². The van der Waals surface area contributed by atoms with Crippen LogP contribution in [0.4, 0.5) is 10.5 Å². The molecule has 2 fully saturated rings. The van der Waals surface area contributed by atoms with E-state index in [1.807, 2.05) is 35.3 Å². The maximum Gasteiger partial charge on any atom is 0.342 e. The van der Waals surface area contributed by atoms with Gasteiger partial charge in [-0.25, -0.2) is 9.80 Å². The summed E-state index contributed by atoms with van der Waals surface area (Å²) in [5, 5.41) is 3.66. The molecule has 5 heteroatoms. The number of hydrogen-bond acceptors (Lipinski definition) is 3. The maximum atomic E-state index is 12.1. The van der Waals surface area contributed by atoms with Crippen LogP contribution >= 0.6 is 0 Å². The Morgan fingerprint density at radius 1 is 1.19 bits per heavy atom. The summed E-state index contributed by atoms with van der Waals surface area (Å²) in [6.07, 6.45) is 0. The molecule has 0 radical (unpaired) electrons. The first-order chi connectivity index (χ1) is 7.86. The van der Waals surface area contributed by atoms with E-state index in [4.69, 9.17) is 4.74 Å². The van der Waals surface area contributed by atoms with E-state index >= 15 is 0 Å². The van der Waals surface area contributed by atoms with Gasteiger partial charge in [-0.2, -0.15) is 5.01 Å². The van der Waals surface area contributed by atoms with Crippen molar-refractivity contribution in [2.75, 3.05) is 31.5 Å². The Hall–Kier alpha value is -1.59. The van der Waals surface area contributed by atoms with Gasteiger partial charge in [-0.05, 0) is 12.1 Å². The minimum atomic E-state index is -0.00843. The minimum absolute atomic E-state index is 0.00843. The van der Waals surface area contributed by atoms with Gasteiger partial charge in [0.05, 0.1) is 13.3 Å². The number of hydrazine groups is 1. The Bertz CT molecular complexity index is 395. The van der Waals surface area contributed by atoms with E-state index in [0.29, 0.717) is 20.0 Å². The molecule has 84 valence electrons. The highest BCUT2D eigenvalue weighted by Gasteiger charge is 2.37. The largest absolute Gasteiger partial charge is 0.358 e. The van der Waals surface area contributed by atoms with E-state index < -0.39 is 0 Å². The number of para-hydroxylation sites is 1. The van der Waals surface area contributed by atoms with Crippen molar-refractivity contribution in [2.24, 2.45) is 0 Å². The summed E-state index contributed by atoms with van der Waals surface area (Å²) < 4.78 is 5.27. The molecule has 2 aliphatic heterocycles. The highest BCUT2D eigenvalue weighted by Crippen LogP contribution is 2.23. The number of fused-ring (bicyclic) bond motifs is 1. The Kier molecular flexibility index (Phi) is 2.27. The van der Waals surface area contributed by atoms with Crippen molar-refractivity contribution in [2.45, 2.75) is 0 Å². The topological polar surface area (TPSA) is 36.0 Å². The number of rotatable bonds is 1. The van der Waals surface area contributed by atoms with Gasteiger partial charge in [-0.1, -0.05) is 18.2 Å². The van der Waals surface area contributed by atoms with Crippen LogP contribution in [0.5, 0.6) is 0 Å². The Morgan fingerprint density at radius 2 is 2.00 bits per heavy atom. The molecule has 2 heterocycles. The first-order valence-electron chi connectivity index (χ1n) is 5.33. The molecule has 0 saturated carbocycles. The molecule has 2 aliphatic rings. The number of carbonyl (C=O) groups is 1. The van der Waals surface area contributed by atoms with E-state index in [1.165, 1.54) is 0 Å². The van der Waals surface area contributed by atoms with E-state index in [1.54, 1.807) is 9.91 Å². The van der Waals surface area contributed by atoms with Crippen molar-refractivity contribution < 1.29 is 9.53 Å². The van der Waals surface area contributed by atoms with Crippen molar-refractivity contribution in [1.29, 1.82) is 0 Å². The van der Waals surface area contributed by atoms with Crippen LogP contribution in [0.1, 0.15) is 0 Å². The summed E-state index contributed by atoms with van der Waals surface area (Å²) in [5.74, 6) is 0. The van der Waals surface area contributed by atoms with Crippen LogP contribution in [-0.4, -0.2) is 42.6 Å². The van der Waals surface area contributed by atoms with Crippen molar-refractivity contribution in [3.05, 3.63) is 30.3 Å². The lowest BCUT2D eigenvalue weighted by Gasteiger charge is -2.29. The number of carbonyl (C=O) groups excluding carboxylic acids is 1. The van der Waals surface area contributed by atoms with Gasteiger partial charge in [-0.3, -0.25) is 4.90 Å². The highest BCUT2D eigenvalue weighted by atomic mass is 16.5. The lowest BCUT2D eigenvalue weighted by molar-refractivity contribution is -0.104. The summed E-state index contributed by atoms with van der Waals surface area (Å²) in [5.41, 5.74) is 0.932. The summed E-state index contributed by atoms with van der Waals surface area (Å²) in [7, 11) is 0. The van der Waals surface area contributed by atoms with Crippen molar-refractivity contribution >= 4 is 11.7 Å². The number of ether oxygens (including phenoxy) is 1. The summed E-state index contributed by atoms with van der Waals surface area (Å²) in [4.78, 5) is 13.8. The molecule has 2 amide bonds. The predicted molar refractivity (Wildman–Crippen MR) is 58.5 cm³/mol. The predicted octanol–water partition coefficient (Wildman–Crippen LogP) is 1.09. The fourth-order valence-electron chi connectivity index (χ4n) is 2.01. The van der Waals surface area contributed by atoms with Crippen LogP contribution in [0.25, 0.3) is 0 Å². The van der Waals surface area contributed by atoms with Crippen molar-refractivity contribution in [3.63, 3.8) is 0 Å². The third-order valence-corrected chi connectivity index (χ3v) is 2.87. The number of nitrogens with zero attached hydrogens (tertiary/aromatic N) is 3. The van der Waals surface area contributed by atoms with Gasteiger partial charge in [0.2, 0.25) is 0 Å². The van der Waals surface area contributed by atoms with Crippen LogP contribution in [0.3, 0.4) is 0 Å². The molecule has 16 heavy (non-hydrogen) atoms. The molecule has 3 rings (SSSR count). The second-order valence-corrected chi connectivity index (χ2v) is 3.85. The first-order valence-corrected chi connectivity index (χ1v) is 5.33. The second kappa shape index (κ2) is 3.77. The molecule has 0 aliphatic carbocycles. The monoisotopic (exact) mass is 219 g/mol. The van der Waals surface area contributed by atoms with Gasteiger partial charge in [0, 0.05) is 12.2 Å². The minimum Gasteiger partial charge on any atom is -0.358 e. The number of urea groups is 1. The summed E-state index contributed by atoms with van der Waals surface area (Å²) >= 11 is 0. The molecule has 0 bridgehead atoms. The summed E-state index contributed by atoms with van der Waals surface area (Å²) in [6.45, 7) is 2.44. The van der Waals surface area contributed by atoms with E-state index in [-0.39, 0.29) is 6.03 Å². The Morgan fingerprint density at radius 3 is 2.75 bits per heavy atom. The average molecular weight is 219 g/mol. The summed E-state index contributed by atoms with van der Waals surface area (Å²) in [6, 6.07) is 9.69. The molecule has 0 spiro atoms. The van der Waals surface area contributed by atoms with Gasteiger partial charge in [0.25, 0.3) is 0 Å². The van der Waals surface area contributed by atoms with E-state index in [0.717, 1.165) is 12.2 Å². The van der Waals surface area contributed by atoms with Crippen LogP contribution in [0, 0.1) is 0 Å². The van der Waals surface area contributed by atoms with Gasteiger partial charge in [0.15, 0.2) is 0 Å². The molecule has 5 nitrogen and oxygen atoms in total. The van der Waals surface area contributed by atoms with Crippen LogP contribution in [0.15, 0.2) is 30.3 Å². The quantitative estimate of drug-likeness (QED) is 0.709. The molecule has 0 aromatic heterocycles. The number of amides is 2. The molecule has 0 unspecified atom stereocenters. The smallest absolute Gasteiger partial charge is 0.342 e. The SMILES string of the molecule is O=C1N(c2ccccc2)CN2CCOCN12. The maximum absolute atomic E-state index is 12.1. The fourth-order valence-corrected chi connectivity index (χ4v) is 2.01. The molecule has 1 aromatic rings. The molecule has 2 saturated heterocycles. The standard InChI is InChI=1S/C11H13N3O2/c15-11-13(10-4-2-1-3-5-10)8-12-6-7-16-9-14(11)12/h1-5H,6-9H2. The number of anilines is 1. The van der Waals surface area contributed by atoms with Crippen molar-refractivity contribution in [1.82, 2.24) is 10.0 Å². The van der Waals surface area contributed by atoms with Crippen LogP contribution in [-0.2, 0) is 4.74 Å². The number of benzene rings is 1. The second-order valence-electron chi connectivity index (χ2n) is 3.85. The highest BCUT2D eigenvalue weighted by molar-refractivity contribution is 5.93. The zero-order valence-corrected chi connectivity index (χ0v) is 8.87. The molecule has 0 atom stereocenters. The third kappa shape index (κ3) is 1.45. The average Bonchev–Trinajstić information content (AvgIpc) is 2.69. The van der Waals surface area contributed by atoms with Gasteiger partial charge in [0.1, 0.15) is 6.73 Å². The van der Waals surface area contributed by atoms with Gasteiger partial charge >= 0.3 is 6.03 Å². The lowest BCUT2D eigenvalue weighted by Crippen LogP contribution is -2.46. The molecule has 1 aromatic carbocycles. The third-order valence-electron chi connectivity index (χ3n) is 2.87. The Balaban J connectivity index is 1.86. The molecular formula is C11H13N3O2. The normalized spacial score (nSPS) is 21.4. The Labute approximate surface area is 93.8 Å². The number of hydrogen-bond donors (Lipinski definition) is 0. The van der Waals surface area contributed by atoms with E-state index in [9.17, 15) is 4.79 Å².